The lowest BCUT2D eigenvalue weighted by Gasteiger charge is -2.06. The van der Waals surface area contributed by atoms with Crippen molar-refractivity contribution in [2.45, 2.75) is 66.0 Å². The Balaban J connectivity index is 0. The van der Waals surface area contributed by atoms with Crippen LogP contribution in [0, 0.1) is 0 Å². The largest absolute Gasteiger partial charge is 0.550 e. The van der Waals surface area contributed by atoms with Gasteiger partial charge in [-0.2, -0.15) is 0 Å². The Bertz CT molecular complexity index is 127. The molecule has 0 spiro atoms. The Kier molecular flexibility index (Phi) is 11.9. The summed E-state index contributed by atoms with van der Waals surface area (Å²) in [5.41, 5.74) is 0. The molecule has 2 N–H and O–H groups in total. The topological polar surface area (TPSA) is 56.7 Å². The smallest absolute Gasteiger partial charge is 0.0803 e. The van der Waals surface area contributed by atoms with E-state index in [2.05, 4.69) is 33.0 Å². The van der Waals surface area contributed by atoms with E-state index in [0.29, 0.717) is 0 Å². The Labute approximate surface area is 87.9 Å². The molecular weight excluding hydrogens is 178 g/mol. The maximum Gasteiger partial charge on any atom is 0.0803 e. The Morgan fingerprint density at radius 2 is 1.64 bits per heavy atom. The highest BCUT2D eigenvalue weighted by atomic mass is 16.4. The highest BCUT2D eigenvalue weighted by Crippen LogP contribution is 1.89. The fraction of sp³-hybridized carbons (Fsp3) is 0.909. The number of aliphatic carboxylic acids is 1. The highest BCUT2D eigenvalue weighted by molar-refractivity contribution is 5.63. The molecule has 0 aliphatic carbocycles. The predicted octanol–water partition coefficient (Wildman–Crippen LogP) is 0.293. The number of carbonyl (C=O) groups excluding carboxylic acids is 1. The summed E-state index contributed by atoms with van der Waals surface area (Å²) in [6.45, 7) is 10.8. The van der Waals surface area contributed by atoms with E-state index >= 15 is 0 Å². The molecule has 0 aromatic rings. The van der Waals surface area contributed by atoms with Crippen molar-refractivity contribution < 1.29 is 15.2 Å². The molecule has 0 unspecified atom stereocenters. The van der Waals surface area contributed by atoms with Crippen molar-refractivity contribution in [3.05, 3.63) is 0 Å². The summed E-state index contributed by atoms with van der Waals surface area (Å²) in [6, 6.07) is 1.50. The zero-order valence-corrected chi connectivity index (χ0v) is 10.2. The van der Waals surface area contributed by atoms with Crippen molar-refractivity contribution >= 4 is 5.97 Å². The van der Waals surface area contributed by atoms with Crippen molar-refractivity contribution in [2.75, 3.05) is 0 Å². The van der Waals surface area contributed by atoms with Crippen molar-refractivity contribution in [1.29, 1.82) is 0 Å². The van der Waals surface area contributed by atoms with Gasteiger partial charge in [0.15, 0.2) is 0 Å². The van der Waals surface area contributed by atoms with Gasteiger partial charge in [0.25, 0.3) is 0 Å². The van der Waals surface area contributed by atoms with Gasteiger partial charge in [-0.3, -0.25) is 0 Å². The van der Waals surface area contributed by atoms with E-state index < -0.39 is 5.97 Å². The average Bonchev–Trinajstić information content (AvgIpc) is 1.99. The number of nitrogens with two attached hydrogens (primary N) is 1. The second kappa shape index (κ2) is 10.5. The zero-order valence-electron chi connectivity index (χ0n) is 10.2. The van der Waals surface area contributed by atoms with E-state index in [1.165, 1.54) is 0 Å². The summed E-state index contributed by atoms with van der Waals surface area (Å²) in [5, 5.41) is 12.0. The molecule has 0 radical (unpaired) electrons. The molecule has 14 heavy (non-hydrogen) atoms. The minimum Gasteiger partial charge on any atom is -0.550 e. The molecule has 0 saturated carbocycles. The molecule has 0 aromatic heterocycles. The van der Waals surface area contributed by atoms with Crippen LogP contribution in [0.2, 0.25) is 0 Å². The first-order chi connectivity index (χ1) is 6.40. The highest BCUT2D eigenvalue weighted by Gasteiger charge is 1.97. The molecule has 3 heteroatoms. The maximum absolute atomic E-state index is 9.65. The van der Waals surface area contributed by atoms with Gasteiger partial charge in [-0.05, 0) is 40.5 Å². The number of hydrogen-bond donors (Lipinski definition) is 1. The van der Waals surface area contributed by atoms with Crippen LogP contribution >= 0.6 is 0 Å². The quantitative estimate of drug-likeness (QED) is 0.698. The molecule has 0 atom stereocenters. The third-order valence-electron chi connectivity index (χ3n) is 1.50. The summed E-state index contributed by atoms with van der Waals surface area (Å²) < 4.78 is 0. The third kappa shape index (κ3) is 22.5. The van der Waals surface area contributed by atoms with Gasteiger partial charge in [0.05, 0.1) is 12.1 Å². The van der Waals surface area contributed by atoms with Crippen LogP contribution in [0.15, 0.2) is 0 Å². The minimum atomic E-state index is -0.943. The second-order valence-electron chi connectivity index (χ2n) is 4.16. The predicted molar refractivity (Wildman–Crippen MR) is 56.7 cm³/mol. The van der Waals surface area contributed by atoms with E-state index in [4.69, 9.17) is 0 Å². The van der Waals surface area contributed by atoms with Gasteiger partial charge in [-0.1, -0.05) is 13.3 Å². The summed E-state index contributed by atoms with van der Waals surface area (Å²) in [6.07, 6.45) is 1.87. The van der Waals surface area contributed by atoms with Crippen LogP contribution in [0.4, 0.5) is 0 Å². The van der Waals surface area contributed by atoms with Crippen LogP contribution in [0.5, 0.6) is 0 Å². The van der Waals surface area contributed by atoms with Crippen LogP contribution in [-0.4, -0.2) is 18.1 Å². The number of unbranched alkanes of at least 4 members (excludes halogenated alkanes) is 1. The Morgan fingerprint density at radius 3 is 1.71 bits per heavy atom. The van der Waals surface area contributed by atoms with Gasteiger partial charge >= 0.3 is 0 Å². The van der Waals surface area contributed by atoms with Crippen LogP contribution in [0.3, 0.4) is 0 Å². The lowest BCUT2D eigenvalue weighted by molar-refractivity contribution is -0.709. The van der Waals surface area contributed by atoms with Gasteiger partial charge in [-0.15, -0.1) is 0 Å². The van der Waals surface area contributed by atoms with Gasteiger partial charge in [0.1, 0.15) is 0 Å². The van der Waals surface area contributed by atoms with Crippen LogP contribution in [-0.2, 0) is 4.79 Å². The summed E-state index contributed by atoms with van der Waals surface area (Å²) in [4.78, 5) is 9.65. The first-order valence-electron chi connectivity index (χ1n) is 5.44. The normalized spacial score (nSPS) is 9.93. The van der Waals surface area contributed by atoms with E-state index in [1.54, 1.807) is 0 Å². The molecule has 0 fully saturated rings. The lowest BCUT2D eigenvalue weighted by atomic mass is 10.3. The Morgan fingerprint density at radius 1 is 1.21 bits per heavy atom. The first-order valence-corrected chi connectivity index (χ1v) is 5.44. The minimum absolute atomic E-state index is 0.205. The van der Waals surface area contributed by atoms with Gasteiger partial charge in [0.2, 0.25) is 0 Å². The van der Waals surface area contributed by atoms with Crippen LogP contribution in [0.25, 0.3) is 0 Å². The first kappa shape index (κ1) is 15.9. The van der Waals surface area contributed by atoms with Crippen molar-refractivity contribution in [3.63, 3.8) is 0 Å². The van der Waals surface area contributed by atoms with E-state index in [-0.39, 0.29) is 6.42 Å². The van der Waals surface area contributed by atoms with Crippen molar-refractivity contribution in [3.8, 4) is 0 Å². The number of rotatable bonds is 5. The molecule has 0 aromatic carbocycles. The SMILES string of the molecule is CC(C)[NH2+]C(C)C.CCCCC(=O)[O-]. The van der Waals surface area contributed by atoms with Crippen molar-refractivity contribution in [2.24, 2.45) is 0 Å². The van der Waals surface area contributed by atoms with Crippen LogP contribution in [0.1, 0.15) is 53.9 Å². The molecule has 86 valence electrons. The lowest BCUT2D eigenvalue weighted by Crippen LogP contribution is -2.92. The number of carbonyl (C=O) groups is 1. The standard InChI is InChI=1S/C6H15N.C5H10O2/c1-5(2)7-6(3)4;1-2-3-4-5(6)7/h5-7H,1-4H3;2-4H2,1H3,(H,6,7). The van der Waals surface area contributed by atoms with E-state index in [1.807, 2.05) is 6.92 Å². The van der Waals surface area contributed by atoms with E-state index in [0.717, 1.165) is 24.9 Å². The summed E-state index contributed by atoms with van der Waals surface area (Å²) >= 11 is 0. The molecule has 0 saturated heterocycles. The molecule has 0 aliphatic heterocycles. The third-order valence-corrected chi connectivity index (χ3v) is 1.50. The molecule has 0 aliphatic rings. The van der Waals surface area contributed by atoms with Gasteiger partial charge in [0, 0.05) is 5.97 Å². The molecule has 0 heterocycles. The number of quaternary nitrogens is 1. The zero-order chi connectivity index (χ0) is 11.6. The Hall–Kier alpha value is -0.570. The molecule has 3 nitrogen and oxygen atoms in total. The average molecular weight is 203 g/mol. The fourth-order valence-corrected chi connectivity index (χ4v) is 1.09. The molecule has 0 amide bonds. The van der Waals surface area contributed by atoms with Crippen molar-refractivity contribution in [1.82, 2.24) is 0 Å². The summed E-state index contributed by atoms with van der Waals surface area (Å²) in [7, 11) is 0. The second-order valence-corrected chi connectivity index (χ2v) is 4.16. The fourth-order valence-electron chi connectivity index (χ4n) is 1.09. The van der Waals surface area contributed by atoms with E-state index in [9.17, 15) is 9.90 Å². The van der Waals surface area contributed by atoms with Crippen LogP contribution < -0.4 is 10.4 Å². The molecule has 0 bridgehead atoms. The maximum atomic E-state index is 9.65. The number of carboxylic acid groups (broad SMARTS) is 1. The molecule has 0 rings (SSSR count). The van der Waals surface area contributed by atoms with Gasteiger partial charge < -0.3 is 15.2 Å². The number of hydrogen-bond acceptors (Lipinski definition) is 2. The van der Waals surface area contributed by atoms with Gasteiger partial charge in [-0.25, -0.2) is 0 Å². The number of carboxylic acids is 1. The summed E-state index contributed by atoms with van der Waals surface area (Å²) in [5.74, 6) is -0.943. The molecular formula is C11H25NO2. The monoisotopic (exact) mass is 203 g/mol.